The zero-order valence-corrected chi connectivity index (χ0v) is 17.3. The molecule has 0 spiro atoms. The number of fused-ring (bicyclic) bond motifs is 1. The zero-order chi connectivity index (χ0) is 21.5. The minimum absolute atomic E-state index is 0.0406. The summed E-state index contributed by atoms with van der Waals surface area (Å²) in [7, 11) is 1.57. The van der Waals surface area contributed by atoms with Crippen LogP contribution >= 0.6 is 0 Å². The number of amides is 2. The molecule has 7 heteroatoms. The van der Waals surface area contributed by atoms with Crippen LogP contribution in [0.25, 0.3) is 0 Å². The van der Waals surface area contributed by atoms with Gasteiger partial charge in [0.2, 0.25) is 5.91 Å². The van der Waals surface area contributed by atoms with Crippen molar-refractivity contribution in [1.29, 1.82) is 0 Å². The molecule has 160 valence electrons. The number of rotatable bonds is 8. The van der Waals surface area contributed by atoms with Gasteiger partial charge >= 0.3 is 0 Å². The van der Waals surface area contributed by atoms with Crippen LogP contribution < -0.4 is 10.1 Å². The molecule has 0 aliphatic carbocycles. The van der Waals surface area contributed by atoms with Crippen LogP contribution in [-0.2, 0) is 20.7 Å². The van der Waals surface area contributed by atoms with Crippen LogP contribution in [0.5, 0.6) is 5.75 Å². The first-order valence-electron chi connectivity index (χ1n) is 10.1. The number of carbonyl (C=O) groups excluding carboxylic acids is 2. The Balaban J connectivity index is 1.85. The van der Waals surface area contributed by atoms with Crippen molar-refractivity contribution >= 4 is 11.8 Å². The SMILES string of the molecule is CCC(=O)N1CCc2ccc(OCC(=O)NCCOC)cc2C1c1ccc(F)cc1. The Morgan fingerprint density at radius 2 is 1.97 bits per heavy atom. The van der Waals surface area contributed by atoms with E-state index >= 15 is 0 Å². The first-order valence-corrected chi connectivity index (χ1v) is 10.1. The topological polar surface area (TPSA) is 67.9 Å². The van der Waals surface area contributed by atoms with E-state index in [1.165, 1.54) is 12.1 Å². The van der Waals surface area contributed by atoms with Crippen molar-refractivity contribution in [2.75, 3.05) is 33.4 Å². The maximum absolute atomic E-state index is 13.5. The molecule has 0 saturated heterocycles. The summed E-state index contributed by atoms with van der Waals surface area (Å²) in [6.07, 6.45) is 1.13. The number of hydrogen-bond donors (Lipinski definition) is 1. The van der Waals surface area contributed by atoms with Gasteiger partial charge in [-0.1, -0.05) is 25.1 Å². The van der Waals surface area contributed by atoms with Crippen molar-refractivity contribution < 1.29 is 23.5 Å². The second-order valence-electron chi connectivity index (χ2n) is 7.14. The van der Waals surface area contributed by atoms with Gasteiger partial charge in [-0.05, 0) is 47.4 Å². The minimum atomic E-state index is -0.320. The molecule has 30 heavy (non-hydrogen) atoms. The minimum Gasteiger partial charge on any atom is -0.484 e. The van der Waals surface area contributed by atoms with E-state index in [-0.39, 0.29) is 30.3 Å². The summed E-state index contributed by atoms with van der Waals surface area (Å²) in [6.45, 7) is 3.18. The number of methoxy groups -OCH3 is 1. The normalized spacial score (nSPS) is 15.4. The fourth-order valence-corrected chi connectivity index (χ4v) is 3.65. The van der Waals surface area contributed by atoms with Gasteiger partial charge in [-0.15, -0.1) is 0 Å². The van der Waals surface area contributed by atoms with E-state index in [1.807, 2.05) is 30.0 Å². The van der Waals surface area contributed by atoms with E-state index < -0.39 is 0 Å². The molecule has 0 fully saturated rings. The molecule has 0 radical (unpaired) electrons. The molecule has 2 amide bonds. The van der Waals surface area contributed by atoms with Crippen LogP contribution in [0.1, 0.15) is 36.1 Å². The highest BCUT2D eigenvalue weighted by Gasteiger charge is 2.31. The Morgan fingerprint density at radius 1 is 1.20 bits per heavy atom. The molecule has 0 saturated carbocycles. The molecule has 1 heterocycles. The largest absolute Gasteiger partial charge is 0.484 e. The summed E-state index contributed by atoms with van der Waals surface area (Å²) in [6, 6.07) is 11.6. The molecule has 6 nitrogen and oxygen atoms in total. The number of halogens is 1. The van der Waals surface area contributed by atoms with Crippen molar-refractivity contribution in [3.63, 3.8) is 0 Å². The van der Waals surface area contributed by atoms with Crippen LogP contribution in [0.15, 0.2) is 42.5 Å². The quantitative estimate of drug-likeness (QED) is 0.675. The summed E-state index contributed by atoms with van der Waals surface area (Å²) in [4.78, 5) is 26.3. The summed E-state index contributed by atoms with van der Waals surface area (Å²) in [5, 5.41) is 2.71. The van der Waals surface area contributed by atoms with Crippen LogP contribution in [0.4, 0.5) is 4.39 Å². The fourth-order valence-electron chi connectivity index (χ4n) is 3.65. The number of hydrogen-bond acceptors (Lipinski definition) is 4. The van der Waals surface area contributed by atoms with Gasteiger partial charge in [0.1, 0.15) is 11.6 Å². The first kappa shape index (κ1) is 21.8. The molecule has 2 aromatic carbocycles. The van der Waals surface area contributed by atoms with E-state index in [1.54, 1.807) is 19.2 Å². The van der Waals surface area contributed by atoms with Crippen molar-refractivity contribution in [1.82, 2.24) is 10.2 Å². The molecule has 1 N–H and O–H groups in total. The highest BCUT2D eigenvalue weighted by Crippen LogP contribution is 2.37. The monoisotopic (exact) mass is 414 g/mol. The third kappa shape index (κ3) is 5.16. The maximum atomic E-state index is 13.5. The smallest absolute Gasteiger partial charge is 0.258 e. The lowest BCUT2D eigenvalue weighted by Crippen LogP contribution is -2.40. The van der Waals surface area contributed by atoms with Gasteiger partial charge in [-0.2, -0.15) is 0 Å². The predicted molar refractivity (Wildman–Crippen MR) is 111 cm³/mol. The maximum Gasteiger partial charge on any atom is 0.258 e. The number of ether oxygens (including phenoxy) is 2. The summed E-state index contributed by atoms with van der Waals surface area (Å²) < 4.78 is 24.1. The van der Waals surface area contributed by atoms with Crippen LogP contribution in [0, 0.1) is 5.82 Å². The van der Waals surface area contributed by atoms with Crippen LogP contribution in [-0.4, -0.2) is 50.1 Å². The van der Waals surface area contributed by atoms with E-state index in [9.17, 15) is 14.0 Å². The van der Waals surface area contributed by atoms with Crippen molar-refractivity contribution in [2.45, 2.75) is 25.8 Å². The lowest BCUT2D eigenvalue weighted by atomic mass is 9.87. The highest BCUT2D eigenvalue weighted by molar-refractivity contribution is 5.78. The second-order valence-corrected chi connectivity index (χ2v) is 7.14. The zero-order valence-electron chi connectivity index (χ0n) is 17.3. The molecular weight excluding hydrogens is 387 g/mol. The molecule has 0 aromatic heterocycles. The number of nitrogens with one attached hydrogen (secondary N) is 1. The molecule has 2 aromatic rings. The van der Waals surface area contributed by atoms with Gasteiger partial charge in [0, 0.05) is 26.6 Å². The molecule has 1 aliphatic heterocycles. The Bertz CT molecular complexity index is 885. The predicted octanol–water partition coefficient (Wildman–Crippen LogP) is 2.85. The number of carbonyl (C=O) groups is 2. The van der Waals surface area contributed by atoms with Gasteiger partial charge in [0.05, 0.1) is 12.6 Å². The van der Waals surface area contributed by atoms with Gasteiger partial charge in [-0.3, -0.25) is 9.59 Å². The van der Waals surface area contributed by atoms with E-state index in [0.717, 1.165) is 23.1 Å². The average Bonchev–Trinajstić information content (AvgIpc) is 2.77. The third-order valence-corrected chi connectivity index (χ3v) is 5.15. The summed E-state index contributed by atoms with van der Waals surface area (Å²) in [5.74, 6) is 0.0368. The molecule has 3 rings (SSSR count). The van der Waals surface area contributed by atoms with E-state index in [0.29, 0.717) is 31.9 Å². The molecular formula is C23H27FN2O4. The van der Waals surface area contributed by atoms with Gasteiger partial charge in [-0.25, -0.2) is 4.39 Å². The van der Waals surface area contributed by atoms with Gasteiger partial charge < -0.3 is 19.7 Å². The van der Waals surface area contributed by atoms with Crippen LogP contribution in [0.3, 0.4) is 0 Å². The first-order chi connectivity index (χ1) is 14.5. The third-order valence-electron chi connectivity index (χ3n) is 5.15. The molecule has 1 aliphatic rings. The second kappa shape index (κ2) is 10.2. The average molecular weight is 414 g/mol. The number of nitrogens with zero attached hydrogens (tertiary/aromatic N) is 1. The van der Waals surface area contributed by atoms with Gasteiger partial charge in [0.25, 0.3) is 5.91 Å². The van der Waals surface area contributed by atoms with Crippen molar-refractivity contribution in [3.8, 4) is 5.75 Å². The standard InChI is InChI=1S/C23H27FN2O4/c1-3-22(28)26-12-10-16-6-9-19(30-15-21(27)25-11-13-29-2)14-20(16)23(26)17-4-7-18(24)8-5-17/h4-9,14,23H,3,10-13,15H2,1-2H3,(H,25,27). The van der Waals surface area contributed by atoms with E-state index in [4.69, 9.17) is 9.47 Å². The Morgan fingerprint density at radius 3 is 2.67 bits per heavy atom. The van der Waals surface area contributed by atoms with Crippen LogP contribution in [0.2, 0.25) is 0 Å². The van der Waals surface area contributed by atoms with Crippen molar-refractivity contribution in [3.05, 3.63) is 65.0 Å². The highest BCUT2D eigenvalue weighted by atomic mass is 19.1. The van der Waals surface area contributed by atoms with E-state index in [2.05, 4.69) is 5.32 Å². The molecule has 1 atom stereocenters. The molecule has 1 unspecified atom stereocenters. The summed E-state index contributed by atoms with van der Waals surface area (Å²) in [5.41, 5.74) is 2.89. The Kier molecular flexibility index (Phi) is 7.41. The fraction of sp³-hybridized carbons (Fsp3) is 0.391. The van der Waals surface area contributed by atoms with Gasteiger partial charge in [0.15, 0.2) is 6.61 Å². The lowest BCUT2D eigenvalue weighted by molar-refractivity contribution is -0.133. The number of benzene rings is 2. The summed E-state index contributed by atoms with van der Waals surface area (Å²) >= 11 is 0. The van der Waals surface area contributed by atoms with Crippen molar-refractivity contribution in [2.24, 2.45) is 0 Å². The Hall–Kier alpha value is -2.93. The lowest BCUT2D eigenvalue weighted by Gasteiger charge is -2.38. The molecule has 0 bridgehead atoms. The Labute approximate surface area is 176 Å².